The average molecular weight is 499 g/mol. The molecular formula is C23H27ClN8O3. The third kappa shape index (κ3) is 7.01. The number of nitrogens with zero attached hydrogens (tertiary/aromatic N) is 2. The van der Waals surface area contributed by atoms with Gasteiger partial charge in [-0.25, -0.2) is 9.97 Å². The van der Waals surface area contributed by atoms with Gasteiger partial charge in [-0.2, -0.15) is 0 Å². The molecule has 0 saturated heterocycles. The molecular weight excluding hydrogens is 472 g/mol. The first-order valence-electron chi connectivity index (χ1n) is 10.9. The Morgan fingerprint density at radius 1 is 1.03 bits per heavy atom. The number of halogens is 1. The molecule has 1 heterocycles. The van der Waals surface area contributed by atoms with E-state index in [1.807, 2.05) is 30.3 Å². The molecule has 11 nitrogen and oxygen atoms in total. The van der Waals surface area contributed by atoms with Gasteiger partial charge in [0.2, 0.25) is 0 Å². The summed E-state index contributed by atoms with van der Waals surface area (Å²) in [4.78, 5) is 30.7. The summed E-state index contributed by atoms with van der Waals surface area (Å²) in [6, 6.07) is 11.1. The van der Waals surface area contributed by atoms with Crippen LogP contribution in [0.4, 0.5) is 11.6 Å². The second-order valence-corrected chi connectivity index (χ2v) is 8.37. The number of hydrogen-bond acceptors (Lipinski definition) is 8. The van der Waals surface area contributed by atoms with Crippen molar-refractivity contribution in [2.75, 3.05) is 18.0 Å². The quantitative estimate of drug-likeness (QED) is 0.130. The zero-order chi connectivity index (χ0) is 25.5. The van der Waals surface area contributed by atoms with Crippen molar-refractivity contribution in [2.45, 2.75) is 31.7 Å². The van der Waals surface area contributed by atoms with Crippen molar-refractivity contribution in [3.8, 4) is 0 Å². The lowest BCUT2D eigenvalue weighted by atomic mass is 9.99. The summed E-state index contributed by atoms with van der Waals surface area (Å²) in [6.07, 6.45) is 2.78. The Labute approximate surface area is 206 Å². The largest absolute Gasteiger partial charge is 0.480 e. The van der Waals surface area contributed by atoms with Gasteiger partial charge in [0.25, 0.3) is 5.91 Å². The number of fused-ring (bicyclic) bond motifs is 1. The topological polar surface area (TPSA) is 206 Å². The number of rotatable bonds is 9. The van der Waals surface area contributed by atoms with Gasteiger partial charge in [-0.3, -0.25) is 20.3 Å². The molecule has 1 amide bonds. The van der Waals surface area contributed by atoms with Crippen molar-refractivity contribution in [1.29, 1.82) is 5.41 Å². The molecule has 0 radical (unpaired) electrons. The highest BCUT2D eigenvalue weighted by Crippen LogP contribution is 2.20. The van der Waals surface area contributed by atoms with Crippen molar-refractivity contribution >= 4 is 51.8 Å². The Kier molecular flexibility index (Phi) is 8.39. The van der Waals surface area contributed by atoms with Gasteiger partial charge >= 0.3 is 5.97 Å². The summed E-state index contributed by atoms with van der Waals surface area (Å²) in [6.45, 7) is 0.490. The van der Waals surface area contributed by atoms with E-state index in [1.54, 1.807) is 0 Å². The summed E-state index contributed by atoms with van der Waals surface area (Å²) in [5.74, 6) is -2.16. The minimum absolute atomic E-state index is 0.0782. The average Bonchev–Trinajstić information content (AvgIpc) is 2.81. The molecule has 10 N–H and O–H groups in total. The Hall–Kier alpha value is -3.96. The van der Waals surface area contributed by atoms with Crippen LogP contribution in [0.15, 0.2) is 36.4 Å². The smallest absolute Gasteiger partial charge is 0.320 e. The van der Waals surface area contributed by atoms with Gasteiger partial charge in [0.15, 0.2) is 28.4 Å². The normalized spacial score (nSPS) is 11.7. The van der Waals surface area contributed by atoms with E-state index in [0.717, 1.165) is 35.6 Å². The van der Waals surface area contributed by atoms with E-state index in [2.05, 4.69) is 26.7 Å². The number of aromatic nitrogens is 2. The van der Waals surface area contributed by atoms with Gasteiger partial charge in [-0.05, 0) is 47.6 Å². The third-order valence-electron chi connectivity index (χ3n) is 5.29. The van der Waals surface area contributed by atoms with E-state index >= 15 is 0 Å². The van der Waals surface area contributed by atoms with Gasteiger partial charge in [0.05, 0.1) is 0 Å². The fraction of sp³-hybridized carbons (Fsp3) is 0.261. The minimum atomic E-state index is -1.02. The molecule has 0 aliphatic carbocycles. The van der Waals surface area contributed by atoms with Crippen LogP contribution in [0.3, 0.4) is 0 Å². The molecule has 0 fully saturated rings. The SMILES string of the molecule is N=C(NCCCCc1ccc2cc(C[C@H](N)C(=O)O)ccc2c1)NC(=O)c1nc(Cl)c(N)nc1N. The predicted octanol–water partition coefficient (Wildman–Crippen LogP) is 1.68. The Balaban J connectivity index is 1.43. The molecule has 0 aliphatic heterocycles. The van der Waals surface area contributed by atoms with Crippen LogP contribution in [0.1, 0.15) is 34.5 Å². The Morgan fingerprint density at radius 3 is 2.37 bits per heavy atom. The number of anilines is 2. The molecule has 0 saturated carbocycles. The van der Waals surface area contributed by atoms with E-state index in [9.17, 15) is 9.59 Å². The number of hydrogen-bond donors (Lipinski definition) is 7. The first-order chi connectivity index (χ1) is 16.6. The molecule has 12 heteroatoms. The second kappa shape index (κ2) is 11.4. The van der Waals surface area contributed by atoms with Crippen LogP contribution in [-0.2, 0) is 17.6 Å². The lowest BCUT2D eigenvalue weighted by Gasteiger charge is -2.11. The number of aryl methyl sites for hydroxylation is 1. The summed E-state index contributed by atoms with van der Waals surface area (Å²) < 4.78 is 0. The number of carboxylic acid groups (broad SMARTS) is 1. The standard InChI is InChI=1S/C23H27ClN8O3/c24-18-20(27)31-19(26)17(30-18)21(33)32-23(28)29-8-2-1-3-12-4-6-15-10-13(5-7-14(15)9-12)11-16(25)22(34)35/h4-7,9-10,16H,1-3,8,11,25H2,(H,34,35)(H4,26,27,31)(H3,28,29,32,33)/t16-/m0/s1. The zero-order valence-corrected chi connectivity index (χ0v) is 19.6. The number of carbonyl (C=O) groups is 2. The molecule has 0 unspecified atom stereocenters. The maximum Gasteiger partial charge on any atom is 0.320 e. The van der Waals surface area contributed by atoms with Crippen molar-refractivity contribution in [1.82, 2.24) is 20.6 Å². The first-order valence-corrected chi connectivity index (χ1v) is 11.2. The molecule has 3 aromatic rings. The fourth-order valence-electron chi connectivity index (χ4n) is 3.46. The number of nitrogen functional groups attached to an aromatic ring is 2. The van der Waals surface area contributed by atoms with Crippen LogP contribution in [0.2, 0.25) is 5.15 Å². The number of nitrogens with two attached hydrogens (primary N) is 3. The van der Waals surface area contributed by atoms with E-state index < -0.39 is 17.9 Å². The minimum Gasteiger partial charge on any atom is -0.480 e. The predicted molar refractivity (Wildman–Crippen MR) is 135 cm³/mol. The zero-order valence-electron chi connectivity index (χ0n) is 18.8. The van der Waals surface area contributed by atoms with Crippen LogP contribution >= 0.6 is 11.6 Å². The van der Waals surface area contributed by atoms with Gasteiger partial charge < -0.3 is 27.6 Å². The van der Waals surface area contributed by atoms with E-state index in [-0.39, 0.29) is 34.9 Å². The summed E-state index contributed by atoms with van der Waals surface area (Å²) >= 11 is 5.78. The van der Waals surface area contributed by atoms with Gasteiger partial charge in [0.1, 0.15) is 6.04 Å². The van der Waals surface area contributed by atoms with Crippen LogP contribution in [-0.4, -0.2) is 45.5 Å². The van der Waals surface area contributed by atoms with Crippen LogP contribution in [0.5, 0.6) is 0 Å². The van der Waals surface area contributed by atoms with Crippen LogP contribution < -0.4 is 27.8 Å². The number of unbranched alkanes of at least 4 members (excludes halogenated alkanes) is 1. The fourth-order valence-corrected chi connectivity index (χ4v) is 3.59. The molecule has 0 bridgehead atoms. The molecule has 184 valence electrons. The van der Waals surface area contributed by atoms with E-state index in [0.29, 0.717) is 6.54 Å². The molecule has 0 aliphatic rings. The Bertz CT molecular complexity index is 1270. The van der Waals surface area contributed by atoms with Gasteiger partial charge in [-0.1, -0.05) is 48.0 Å². The lowest BCUT2D eigenvalue weighted by Crippen LogP contribution is -2.41. The van der Waals surface area contributed by atoms with Gasteiger partial charge in [0, 0.05) is 6.54 Å². The van der Waals surface area contributed by atoms with E-state index in [1.165, 1.54) is 5.56 Å². The maximum absolute atomic E-state index is 12.2. The summed E-state index contributed by atoms with van der Waals surface area (Å²) in [7, 11) is 0. The Morgan fingerprint density at radius 2 is 1.69 bits per heavy atom. The molecule has 2 aromatic carbocycles. The highest BCUT2D eigenvalue weighted by atomic mass is 35.5. The van der Waals surface area contributed by atoms with Crippen LogP contribution in [0.25, 0.3) is 10.8 Å². The maximum atomic E-state index is 12.2. The number of carbonyl (C=O) groups excluding carboxylic acids is 1. The second-order valence-electron chi connectivity index (χ2n) is 8.01. The molecule has 1 atom stereocenters. The molecule has 1 aromatic heterocycles. The lowest BCUT2D eigenvalue weighted by molar-refractivity contribution is -0.138. The van der Waals surface area contributed by atoms with Gasteiger partial charge in [-0.15, -0.1) is 0 Å². The monoisotopic (exact) mass is 498 g/mol. The number of amides is 1. The number of benzene rings is 2. The highest BCUT2D eigenvalue weighted by molar-refractivity contribution is 6.31. The van der Waals surface area contributed by atoms with Crippen molar-refractivity contribution in [3.63, 3.8) is 0 Å². The van der Waals surface area contributed by atoms with Crippen molar-refractivity contribution in [2.24, 2.45) is 5.73 Å². The molecule has 35 heavy (non-hydrogen) atoms. The molecule has 0 spiro atoms. The number of guanidine groups is 1. The third-order valence-corrected chi connectivity index (χ3v) is 5.57. The van der Waals surface area contributed by atoms with E-state index in [4.69, 9.17) is 39.3 Å². The number of carboxylic acids is 1. The summed E-state index contributed by atoms with van der Waals surface area (Å²) in [5, 5.41) is 24.0. The summed E-state index contributed by atoms with van der Waals surface area (Å²) in [5.41, 5.74) is 18.6. The first kappa shape index (κ1) is 25.7. The van der Waals surface area contributed by atoms with Crippen molar-refractivity contribution in [3.05, 3.63) is 58.4 Å². The number of nitrogens with one attached hydrogen (secondary N) is 3. The van der Waals surface area contributed by atoms with Crippen molar-refractivity contribution < 1.29 is 14.7 Å². The van der Waals surface area contributed by atoms with Crippen LogP contribution in [0, 0.1) is 5.41 Å². The molecule has 3 rings (SSSR count). The number of aliphatic carboxylic acids is 1. The highest BCUT2D eigenvalue weighted by Gasteiger charge is 2.17.